The molecule has 1 amide bonds. The van der Waals surface area contributed by atoms with Crippen molar-refractivity contribution in [3.8, 4) is 23.3 Å². The molecule has 0 unspecified atom stereocenters. The molecule has 2 aromatic carbocycles. The van der Waals surface area contributed by atoms with Crippen LogP contribution in [0.5, 0.6) is 11.5 Å². The van der Waals surface area contributed by atoms with Gasteiger partial charge in [0, 0.05) is 11.3 Å². The van der Waals surface area contributed by atoms with E-state index in [1.54, 1.807) is 24.3 Å². The van der Waals surface area contributed by atoms with E-state index in [-0.39, 0.29) is 23.6 Å². The number of hydrogen-bond donors (Lipinski definition) is 4. The molecular formula is C16H14N2O3. The first-order valence-corrected chi connectivity index (χ1v) is 6.23. The zero-order chi connectivity index (χ0) is 15.2. The molecule has 0 heterocycles. The molecule has 0 saturated carbocycles. The minimum Gasteiger partial charge on any atom is -0.507 e. The van der Waals surface area contributed by atoms with Crippen LogP contribution in [0.25, 0.3) is 0 Å². The molecule has 0 spiro atoms. The van der Waals surface area contributed by atoms with Gasteiger partial charge in [0.05, 0.1) is 6.54 Å². The highest BCUT2D eigenvalue weighted by Crippen LogP contribution is 2.27. The van der Waals surface area contributed by atoms with Gasteiger partial charge >= 0.3 is 0 Å². The predicted octanol–water partition coefficient (Wildman–Crippen LogP) is 1.66. The molecule has 0 fully saturated rings. The minimum absolute atomic E-state index is 0.163. The number of nitrogens with two attached hydrogens (primary N) is 1. The number of anilines is 1. The van der Waals surface area contributed by atoms with Crippen LogP contribution in [0, 0.1) is 11.8 Å². The number of phenolic OH excluding ortho intramolecular Hbond substituents is 2. The molecule has 2 aromatic rings. The van der Waals surface area contributed by atoms with Crippen molar-refractivity contribution in [1.82, 2.24) is 0 Å². The van der Waals surface area contributed by atoms with Gasteiger partial charge in [-0.15, -0.1) is 0 Å². The Hall–Kier alpha value is -2.97. The Morgan fingerprint density at radius 1 is 1.10 bits per heavy atom. The number of nitrogens with one attached hydrogen (secondary N) is 1. The van der Waals surface area contributed by atoms with Crippen LogP contribution in [-0.2, 0) is 0 Å². The van der Waals surface area contributed by atoms with Crippen molar-refractivity contribution in [2.75, 3.05) is 11.9 Å². The molecule has 0 radical (unpaired) electrons. The third-order valence-electron chi connectivity index (χ3n) is 2.73. The Morgan fingerprint density at radius 2 is 1.71 bits per heavy atom. The van der Waals surface area contributed by atoms with Gasteiger partial charge in [-0.3, -0.25) is 4.79 Å². The summed E-state index contributed by atoms with van der Waals surface area (Å²) in [6.07, 6.45) is 0. The summed E-state index contributed by atoms with van der Waals surface area (Å²) in [5, 5.41) is 21.9. The molecule has 0 atom stereocenters. The highest BCUT2D eigenvalue weighted by molar-refractivity contribution is 6.08. The summed E-state index contributed by atoms with van der Waals surface area (Å²) < 4.78 is 0. The van der Waals surface area contributed by atoms with Crippen LogP contribution in [0.1, 0.15) is 15.9 Å². The zero-order valence-electron chi connectivity index (χ0n) is 11.1. The summed E-state index contributed by atoms with van der Waals surface area (Å²) in [6, 6.07) is 10.9. The standard InChI is InChI=1S/C16H14N2O3/c17-10-2-3-11-6-8-12(9-7-11)18-16(21)15-13(19)4-1-5-14(15)20/h1,4-9,19-20H,10,17H2,(H,18,21). The first-order valence-electron chi connectivity index (χ1n) is 6.23. The zero-order valence-corrected chi connectivity index (χ0v) is 11.1. The molecule has 0 bridgehead atoms. The van der Waals surface area contributed by atoms with Gasteiger partial charge in [-0.25, -0.2) is 0 Å². The van der Waals surface area contributed by atoms with Gasteiger partial charge in [-0.1, -0.05) is 17.9 Å². The van der Waals surface area contributed by atoms with E-state index in [9.17, 15) is 15.0 Å². The highest BCUT2D eigenvalue weighted by Gasteiger charge is 2.15. The fourth-order valence-corrected chi connectivity index (χ4v) is 1.74. The molecule has 2 rings (SSSR count). The quantitative estimate of drug-likeness (QED) is 0.630. The van der Waals surface area contributed by atoms with Crippen molar-refractivity contribution in [2.45, 2.75) is 0 Å². The molecule has 21 heavy (non-hydrogen) atoms. The van der Waals surface area contributed by atoms with E-state index in [2.05, 4.69) is 17.2 Å². The summed E-state index contributed by atoms with van der Waals surface area (Å²) in [5.41, 5.74) is 6.43. The van der Waals surface area contributed by atoms with E-state index in [0.29, 0.717) is 5.69 Å². The van der Waals surface area contributed by atoms with E-state index in [1.807, 2.05) is 0 Å². The smallest absolute Gasteiger partial charge is 0.263 e. The number of amides is 1. The summed E-state index contributed by atoms with van der Waals surface area (Å²) in [5.74, 6) is 4.45. The monoisotopic (exact) mass is 282 g/mol. The summed E-state index contributed by atoms with van der Waals surface area (Å²) in [4.78, 5) is 12.0. The van der Waals surface area contributed by atoms with Crippen LogP contribution in [0.15, 0.2) is 42.5 Å². The molecule has 0 saturated heterocycles. The van der Waals surface area contributed by atoms with Crippen LogP contribution in [0.3, 0.4) is 0 Å². The second kappa shape index (κ2) is 6.46. The lowest BCUT2D eigenvalue weighted by Gasteiger charge is -2.08. The maximum Gasteiger partial charge on any atom is 0.263 e. The van der Waals surface area contributed by atoms with Gasteiger partial charge in [0.25, 0.3) is 5.91 Å². The van der Waals surface area contributed by atoms with Crippen molar-refractivity contribution in [1.29, 1.82) is 0 Å². The number of hydrogen-bond acceptors (Lipinski definition) is 4. The fraction of sp³-hybridized carbons (Fsp3) is 0.0625. The van der Waals surface area contributed by atoms with Crippen LogP contribution < -0.4 is 11.1 Å². The second-order valence-electron chi connectivity index (χ2n) is 4.21. The fourth-order valence-electron chi connectivity index (χ4n) is 1.74. The number of rotatable bonds is 2. The average molecular weight is 282 g/mol. The summed E-state index contributed by atoms with van der Waals surface area (Å²) in [7, 11) is 0. The normalized spacial score (nSPS) is 9.57. The third kappa shape index (κ3) is 3.53. The van der Waals surface area contributed by atoms with Crippen molar-refractivity contribution < 1.29 is 15.0 Å². The van der Waals surface area contributed by atoms with E-state index >= 15 is 0 Å². The van der Waals surface area contributed by atoms with Gasteiger partial charge in [-0.2, -0.15) is 0 Å². The molecule has 0 aromatic heterocycles. The minimum atomic E-state index is -0.591. The molecule has 5 N–H and O–H groups in total. The number of carbonyl (C=O) groups excluding carboxylic acids is 1. The van der Waals surface area contributed by atoms with E-state index in [1.165, 1.54) is 18.2 Å². The Labute approximate surface area is 122 Å². The van der Waals surface area contributed by atoms with E-state index < -0.39 is 5.91 Å². The topological polar surface area (TPSA) is 95.6 Å². The Bertz CT molecular complexity index is 692. The Morgan fingerprint density at radius 3 is 2.29 bits per heavy atom. The van der Waals surface area contributed by atoms with Crippen molar-refractivity contribution >= 4 is 11.6 Å². The predicted molar refractivity (Wildman–Crippen MR) is 80.1 cm³/mol. The lowest BCUT2D eigenvalue weighted by molar-refractivity contribution is 0.102. The van der Waals surface area contributed by atoms with Crippen LogP contribution in [0.2, 0.25) is 0 Å². The van der Waals surface area contributed by atoms with E-state index in [0.717, 1.165) is 5.56 Å². The van der Waals surface area contributed by atoms with Crippen LogP contribution in [-0.4, -0.2) is 22.7 Å². The first kappa shape index (κ1) is 14.4. The third-order valence-corrected chi connectivity index (χ3v) is 2.73. The SMILES string of the molecule is NCC#Cc1ccc(NC(=O)c2c(O)cccc2O)cc1. The highest BCUT2D eigenvalue weighted by atomic mass is 16.3. The Balaban J connectivity index is 2.16. The number of carbonyl (C=O) groups is 1. The maximum atomic E-state index is 12.0. The van der Waals surface area contributed by atoms with Gasteiger partial charge in [0.2, 0.25) is 0 Å². The molecular weight excluding hydrogens is 268 g/mol. The first-order chi connectivity index (χ1) is 10.1. The Kier molecular flexibility index (Phi) is 4.44. The van der Waals surface area contributed by atoms with Gasteiger partial charge in [0.15, 0.2) is 0 Å². The van der Waals surface area contributed by atoms with Gasteiger partial charge in [-0.05, 0) is 36.4 Å². The summed E-state index contributed by atoms with van der Waals surface area (Å²) >= 11 is 0. The summed E-state index contributed by atoms with van der Waals surface area (Å²) in [6.45, 7) is 0.283. The van der Waals surface area contributed by atoms with Gasteiger partial charge in [0.1, 0.15) is 17.1 Å². The average Bonchev–Trinajstić information content (AvgIpc) is 2.46. The lowest BCUT2D eigenvalue weighted by atomic mass is 10.1. The molecule has 0 aliphatic heterocycles. The van der Waals surface area contributed by atoms with Crippen molar-refractivity contribution in [2.24, 2.45) is 5.73 Å². The molecule has 5 heteroatoms. The second-order valence-corrected chi connectivity index (χ2v) is 4.21. The van der Waals surface area contributed by atoms with Crippen LogP contribution >= 0.6 is 0 Å². The number of benzene rings is 2. The molecule has 0 aliphatic carbocycles. The molecule has 106 valence electrons. The van der Waals surface area contributed by atoms with E-state index in [4.69, 9.17) is 5.73 Å². The van der Waals surface area contributed by atoms with Crippen molar-refractivity contribution in [3.05, 3.63) is 53.6 Å². The van der Waals surface area contributed by atoms with Crippen LogP contribution in [0.4, 0.5) is 5.69 Å². The van der Waals surface area contributed by atoms with Crippen molar-refractivity contribution in [3.63, 3.8) is 0 Å². The maximum absolute atomic E-state index is 12.0. The largest absolute Gasteiger partial charge is 0.507 e. The molecule has 0 aliphatic rings. The number of aromatic hydroxyl groups is 2. The molecule has 5 nitrogen and oxygen atoms in total. The number of phenols is 2. The lowest BCUT2D eigenvalue weighted by Crippen LogP contribution is -2.12. The van der Waals surface area contributed by atoms with Gasteiger partial charge < -0.3 is 21.3 Å².